The molecule has 0 aliphatic rings. The van der Waals surface area contributed by atoms with Crippen LogP contribution in [0, 0.1) is 0 Å². The number of benzene rings is 3. The van der Waals surface area contributed by atoms with Crippen LogP contribution in [0.5, 0.6) is 17.2 Å². The molecule has 0 unspecified atom stereocenters. The van der Waals surface area contributed by atoms with Gasteiger partial charge in [0.25, 0.3) is 5.91 Å². The number of carbonyl (C=O) groups excluding carboxylic acids is 2. The lowest BCUT2D eigenvalue weighted by atomic mass is 10.1. The number of fused-ring (bicyclic) bond motifs is 1. The first-order valence-electron chi connectivity index (χ1n) is 14.9. The minimum atomic E-state index is -0.717. The number of ether oxygens (including phenoxy) is 3. The van der Waals surface area contributed by atoms with Crippen molar-refractivity contribution in [1.29, 1.82) is 0 Å². The van der Waals surface area contributed by atoms with E-state index in [2.05, 4.69) is 10.5 Å². The largest absolute Gasteiger partial charge is 0.493 e. The zero-order valence-corrected chi connectivity index (χ0v) is 26.0. The zero-order valence-electron chi connectivity index (χ0n) is 26.0. The molecule has 2 amide bonds. The topological polar surface area (TPSA) is 129 Å². The van der Waals surface area contributed by atoms with Crippen LogP contribution in [0.3, 0.4) is 0 Å². The van der Waals surface area contributed by atoms with E-state index in [4.69, 9.17) is 24.5 Å². The molecule has 1 aromatic heterocycles. The van der Waals surface area contributed by atoms with E-state index in [-0.39, 0.29) is 23.9 Å². The molecule has 44 heavy (non-hydrogen) atoms. The number of carbonyl (C=O) groups is 2. The van der Waals surface area contributed by atoms with Gasteiger partial charge >= 0.3 is 0 Å². The zero-order chi connectivity index (χ0) is 31.6. The fourth-order valence-electron chi connectivity index (χ4n) is 4.98. The van der Waals surface area contributed by atoms with Gasteiger partial charge in [-0.2, -0.15) is 0 Å². The molecule has 1 atom stereocenters. The fourth-order valence-corrected chi connectivity index (χ4v) is 4.98. The molecular weight excluding hydrogens is 560 g/mol. The molecule has 0 spiro atoms. The molecule has 3 N–H and O–H groups in total. The van der Waals surface area contributed by atoms with E-state index < -0.39 is 6.04 Å². The van der Waals surface area contributed by atoms with Crippen LogP contribution >= 0.6 is 0 Å². The Labute approximate surface area is 258 Å². The fraction of sp³-hybridized carbons (Fsp3) is 0.382. The van der Waals surface area contributed by atoms with Gasteiger partial charge in [0.15, 0.2) is 22.9 Å². The number of anilines is 1. The summed E-state index contributed by atoms with van der Waals surface area (Å²) in [6.45, 7) is 8.97. The molecule has 0 aliphatic carbocycles. The van der Waals surface area contributed by atoms with Crippen LogP contribution in [-0.2, 0) is 11.2 Å². The first-order chi connectivity index (χ1) is 21.2. The SMILES string of the molecule is COc1cc(C(=O)N(C(C)C)C(C)C)ccc1OCCCCOc1ccc2c(NC(=O)[C@@H](N)Cc3ccccc3)noc2c1. The van der Waals surface area contributed by atoms with Crippen LogP contribution in [0.2, 0.25) is 0 Å². The number of hydrogen-bond donors (Lipinski definition) is 2. The third-order valence-electron chi connectivity index (χ3n) is 7.14. The molecular formula is C34H42N4O6. The summed E-state index contributed by atoms with van der Waals surface area (Å²) in [5.41, 5.74) is 8.14. The Morgan fingerprint density at radius 1 is 0.909 bits per heavy atom. The van der Waals surface area contributed by atoms with Gasteiger partial charge in [-0.25, -0.2) is 0 Å². The third-order valence-corrected chi connectivity index (χ3v) is 7.14. The maximum Gasteiger partial charge on any atom is 0.254 e. The van der Waals surface area contributed by atoms with Crippen LogP contribution in [-0.4, -0.2) is 60.3 Å². The lowest BCUT2D eigenvalue weighted by Crippen LogP contribution is -2.42. The van der Waals surface area contributed by atoms with Gasteiger partial charge in [0.1, 0.15) is 5.75 Å². The van der Waals surface area contributed by atoms with E-state index in [0.717, 1.165) is 18.4 Å². The Hall–Kier alpha value is -4.57. The van der Waals surface area contributed by atoms with Crippen molar-refractivity contribution in [3.63, 3.8) is 0 Å². The van der Waals surface area contributed by atoms with Crippen molar-refractivity contribution in [2.45, 2.75) is 65.1 Å². The van der Waals surface area contributed by atoms with Crippen LogP contribution in [0.4, 0.5) is 5.82 Å². The molecule has 10 nitrogen and oxygen atoms in total. The number of nitrogens with one attached hydrogen (secondary N) is 1. The highest BCUT2D eigenvalue weighted by Crippen LogP contribution is 2.30. The maximum absolute atomic E-state index is 13.0. The molecule has 0 saturated carbocycles. The van der Waals surface area contributed by atoms with Crippen LogP contribution in [0.1, 0.15) is 56.5 Å². The lowest BCUT2D eigenvalue weighted by Gasteiger charge is -2.31. The van der Waals surface area contributed by atoms with Crippen molar-refractivity contribution < 1.29 is 28.3 Å². The summed E-state index contributed by atoms with van der Waals surface area (Å²) in [5, 5.41) is 7.43. The summed E-state index contributed by atoms with van der Waals surface area (Å²) in [4.78, 5) is 27.5. The van der Waals surface area contributed by atoms with Crippen molar-refractivity contribution in [2.75, 3.05) is 25.6 Å². The van der Waals surface area contributed by atoms with Gasteiger partial charge in [-0.1, -0.05) is 35.5 Å². The minimum absolute atomic E-state index is 0.0375. The van der Waals surface area contributed by atoms with Gasteiger partial charge in [-0.15, -0.1) is 0 Å². The van der Waals surface area contributed by atoms with Crippen molar-refractivity contribution in [3.8, 4) is 17.2 Å². The number of unbranched alkanes of at least 4 members (excludes halogenated alkanes) is 1. The number of hydrogen-bond acceptors (Lipinski definition) is 8. The highest BCUT2D eigenvalue weighted by molar-refractivity contribution is 6.01. The second kappa shape index (κ2) is 15.2. The highest BCUT2D eigenvalue weighted by Gasteiger charge is 2.23. The number of nitrogens with zero attached hydrogens (tertiary/aromatic N) is 2. The molecule has 0 saturated heterocycles. The monoisotopic (exact) mass is 602 g/mol. The van der Waals surface area contributed by atoms with Crippen LogP contribution < -0.4 is 25.3 Å². The average molecular weight is 603 g/mol. The molecule has 234 valence electrons. The summed E-state index contributed by atoms with van der Waals surface area (Å²) < 4.78 is 22.8. The van der Waals surface area contributed by atoms with E-state index in [1.807, 2.05) is 69.0 Å². The van der Waals surface area contributed by atoms with Crippen molar-refractivity contribution in [1.82, 2.24) is 10.1 Å². The summed E-state index contributed by atoms with van der Waals surface area (Å²) in [5.74, 6) is 1.69. The van der Waals surface area contributed by atoms with E-state index in [1.54, 1.807) is 37.4 Å². The van der Waals surface area contributed by atoms with Gasteiger partial charge in [0.05, 0.1) is 31.8 Å². The van der Waals surface area contributed by atoms with E-state index in [0.29, 0.717) is 59.2 Å². The number of nitrogens with two attached hydrogens (primary N) is 1. The van der Waals surface area contributed by atoms with Crippen molar-refractivity contribution in [3.05, 3.63) is 77.9 Å². The van der Waals surface area contributed by atoms with Crippen LogP contribution in [0.25, 0.3) is 11.0 Å². The number of amides is 2. The highest BCUT2D eigenvalue weighted by atomic mass is 16.5. The van der Waals surface area contributed by atoms with Gasteiger partial charge in [0, 0.05) is 23.7 Å². The quantitative estimate of drug-likeness (QED) is 0.162. The van der Waals surface area contributed by atoms with Gasteiger partial charge in [-0.3, -0.25) is 9.59 Å². The third kappa shape index (κ3) is 8.29. The maximum atomic E-state index is 13.0. The van der Waals surface area contributed by atoms with E-state index in [9.17, 15) is 9.59 Å². The number of methoxy groups -OCH3 is 1. The molecule has 10 heteroatoms. The predicted molar refractivity (Wildman–Crippen MR) is 170 cm³/mol. The average Bonchev–Trinajstić information content (AvgIpc) is 3.40. The van der Waals surface area contributed by atoms with Gasteiger partial charge in [-0.05, 0) is 82.9 Å². The van der Waals surface area contributed by atoms with Crippen LogP contribution in [0.15, 0.2) is 71.3 Å². The lowest BCUT2D eigenvalue weighted by molar-refractivity contribution is -0.117. The van der Waals surface area contributed by atoms with E-state index >= 15 is 0 Å². The van der Waals surface area contributed by atoms with E-state index in [1.165, 1.54) is 0 Å². The number of aromatic nitrogens is 1. The Balaban J connectivity index is 1.23. The van der Waals surface area contributed by atoms with Gasteiger partial charge < -0.3 is 34.7 Å². The smallest absolute Gasteiger partial charge is 0.254 e. The molecule has 0 radical (unpaired) electrons. The molecule has 1 heterocycles. The summed E-state index contributed by atoms with van der Waals surface area (Å²) in [6, 6.07) is 19.7. The first kappa shape index (κ1) is 32.3. The van der Waals surface area contributed by atoms with Gasteiger partial charge in [0.2, 0.25) is 5.91 Å². The molecule has 0 aliphatic heterocycles. The second-order valence-corrected chi connectivity index (χ2v) is 11.1. The van der Waals surface area contributed by atoms with Crippen molar-refractivity contribution >= 4 is 28.6 Å². The first-order valence-corrected chi connectivity index (χ1v) is 14.9. The standard InChI is InChI=1S/C34H42N4O6/c1-22(2)38(23(3)4)34(40)25-13-16-29(31(20-25)41-5)43-18-10-9-17-42-26-14-15-27-30(21-26)44-37-32(27)36-33(39)28(35)19-24-11-7-6-8-12-24/h6-8,11-16,20-23,28H,9-10,17-19,35H2,1-5H3,(H,36,37,39)/t28-/m0/s1. The Morgan fingerprint density at radius 2 is 1.61 bits per heavy atom. The summed E-state index contributed by atoms with van der Waals surface area (Å²) in [6.07, 6.45) is 1.93. The molecule has 0 fully saturated rings. The van der Waals surface area contributed by atoms with Crippen molar-refractivity contribution in [2.24, 2.45) is 5.73 Å². The molecule has 4 aromatic rings. The Kier molecular flexibility index (Phi) is 11.2. The Morgan fingerprint density at radius 3 is 2.30 bits per heavy atom. The Bertz CT molecular complexity index is 1530. The summed E-state index contributed by atoms with van der Waals surface area (Å²) >= 11 is 0. The number of rotatable bonds is 15. The minimum Gasteiger partial charge on any atom is -0.493 e. The molecule has 0 bridgehead atoms. The molecule has 4 rings (SSSR count). The predicted octanol–water partition coefficient (Wildman–Crippen LogP) is 5.84. The molecule has 3 aromatic carbocycles. The second-order valence-electron chi connectivity index (χ2n) is 11.1. The summed E-state index contributed by atoms with van der Waals surface area (Å²) in [7, 11) is 1.57. The normalized spacial score (nSPS) is 11.9.